The smallest absolute Gasteiger partial charge is 0.246 e. The van der Waals surface area contributed by atoms with Crippen molar-refractivity contribution < 1.29 is 33.4 Å². The van der Waals surface area contributed by atoms with E-state index in [1.54, 1.807) is 45.2 Å². The third-order valence-electron chi connectivity index (χ3n) is 7.69. The molecule has 0 aromatic heterocycles. The van der Waals surface area contributed by atoms with E-state index in [1.165, 1.54) is 6.92 Å². The van der Waals surface area contributed by atoms with Crippen molar-refractivity contribution in [3.05, 3.63) is 29.8 Å². The number of primary amides is 1. The molecule has 1 aromatic carbocycles. The first kappa shape index (κ1) is 29.6. The number of ether oxygens (including phenoxy) is 3. The van der Waals surface area contributed by atoms with Crippen LogP contribution in [0.1, 0.15) is 58.4 Å². The average Bonchev–Trinajstić information content (AvgIpc) is 3.43. The topological polar surface area (TPSA) is 149 Å². The fourth-order valence-corrected chi connectivity index (χ4v) is 5.24. The van der Waals surface area contributed by atoms with Gasteiger partial charge in [-0.05, 0) is 50.8 Å². The van der Waals surface area contributed by atoms with Crippen LogP contribution in [0.5, 0.6) is 5.75 Å². The number of benzene rings is 1. The zero-order chi connectivity index (χ0) is 27.9. The van der Waals surface area contributed by atoms with Crippen molar-refractivity contribution in [3.63, 3.8) is 0 Å². The van der Waals surface area contributed by atoms with Gasteiger partial charge in [0.1, 0.15) is 29.5 Å². The average molecular weight is 532 g/mol. The van der Waals surface area contributed by atoms with Gasteiger partial charge in [-0.15, -0.1) is 0 Å². The molecular formula is C28H41N3O7. The van der Waals surface area contributed by atoms with Crippen LogP contribution in [-0.2, 0) is 35.1 Å². The number of ketones is 1. The summed E-state index contributed by atoms with van der Waals surface area (Å²) in [5.74, 6) is -2.19. The molecule has 0 bridgehead atoms. The highest BCUT2D eigenvalue weighted by Gasteiger charge is 2.58. The molecular weight excluding hydrogens is 490 g/mol. The Hall–Kier alpha value is -2.98. The van der Waals surface area contributed by atoms with E-state index in [0.29, 0.717) is 24.3 Å². The van der Waals surface area contributed by atoms with Crippen LogP contribution in [0.2, 0.25) is 0 Å². The Morgan fingerprint density at radius 1 is 1.18 bits per heavy atom. The van der Waals surface area contributed by atoms with E-state index in [2.05, 4.69) is 10.6 Å². The molecule has 3 amide bonds. The van der Waals surface area contributed by atoms with Gasteiger partial charge in [-0.3, -0.25) is 19.2 Å². The van der Waals surface area contributed by atoms with Gasteiger partial charge in [0, 0.05) is 13.0 Å². The summed E-state index contributed by atoms with van der Waals surface area (Å²) in [5, 5.41) is 5.43. The lowest BCUT2D eigenvalue weighted by molar-refractivity contribution is -0.142. The first-order chi connectivity index (χ1) is 18.0. The predicted octanol–water partition coefficient (Wildman–Crippen LogP) is 1.67. The quantitative estimate of drug-likeness (QED) is 0.292. The van der Waals surface area contributed by atoms with Crippen molar-refractivity contribution in [2.45, 2.75) is 76.5 Å². The van der Waals surface area contributed by atoms with Crippen LogP contribution in [0, 0.1) is 11.8 Å². The van der Waals surface area contributed by atoms with Crippen LogP contribution in [0.15, 0.2) is 24.3 Å². The number of nitrogens with two attached hydrogens (primary N) is 1. The Kier molecular flexibility index (Phi) is 9.89. The standard InChI is InChI=1S/C28H41N3O7/c1-5-37-16-23(32)30-18(2)25(34)31-28(26(29)35,15-20-10-12-21(36-4)13-11-20)22(14-19-8-6-7-9-19)24(33)27(3)17-38-27/h10-13,18-19,22H,5-9,14-17H2,1-4H3,(H2,29,35)(H,30,32)(H,31,34)/t18-,22+,27+,28?/m0/s1. The molecule has 210 valence electrons. The minimum Gasteiger partial charge on any atom is -0.497 e. The lowest BCUT2D eigenvalue weighted by atomic mass is 9.69. The molecule has 0 spiro atoms. The van der Waals surface area contributed by atoms with Gasteiger partial charge in [-0.25, -0.2) is 0 Å². The lowest BCUT2D eigenvalue weighted by Crippen LogP contribution is -2.68. The number of hydrogen-bond acceptors (Lipinski definition) is 7. The number of nitrogens with one attached hydrogen (secondary N) is 2. The van der Waals surface area contributed by atoms with Gasteiger partial charge in [0.05, 0.1) is 19.6 Å². The molecule has 4 N–H and O–H groups in total. The number of rotatable bonds is 15. The molecule has 1 unspecified atom stereocenters. The van der Waals surface area contributed by atoms with Crippen LogP contribution < -0.4 is 21.1 Å². The van der Waals surface area contributed by atoms with Crippen molar-refractivity contribution in [2.75, 3.05) is 26.9 Å². The van der Waals surface area contributed by atoms with Gasteiger partial charge < -0.3 is 30.6 Å². The molecule has 1 aromatic rings. The van der Waals surface area contributed by atoms with Crippen LogP contribution in [-0.4, -0.2) is 67.6 Å². The first-order valence-electron chi connectivity index (χ1n) is 13.3. The number of Topliss-reactive ketones (excluding diaryl/α,β-unsaturated/α-hetero) is 1. The summed E-state index contributed by atoms with van der Waals surface area (Å²) >= 11 is 0. The fraction of sp³-hybridized carbons (Fsp3) is 0.643. The summed E-state index contributed by atoms with van der Waals surface area (Å²) in [4.78, 5) is 53.0. The third kappa shape index (κ3) is 7.11. The number of methoxy groups -OCH3 is 1. The molecule has 38 heavy (non-hydrogen) atoms. The second-order valence-electron chi connectivity index (χ2n) is 10.6. The molecule has 10 heteroatoms. The molecule has 10 nitrogen and oxygen atoms in total. The molecule has 2 fully saturated rings. The fourth-order valence-electron chi connectivity index (χ4n) is 5.24. The number of amides is 3. The number of carbonyl (C=O) groups excluding carboxylic acids is 4. The second kappa shape index (κ2) is 12.7. The normalized spacial score (nSPS) is 22.1. The Morgan fingerprint density at radius 2 is 1.82 bits per heavy atom. The third-order valence-corrected chi connectivity index (χ3v) is 7.69. The Morgan fingerprint density at radius 3 is 2.34 bits per heavy atom. The van der Waals surface area contributed by atoms with Gasteiger partial charge in [-0.1, -0.05) is 37.8 Å². The van der Waals surface area contributed by atoms with Gasteiger partial charge >= 0.3 is 0 Å². The second-order valence-corrected chi connectivity index (χ2v) is 10.6. The van der Waals surface area contributed by atoms with E-state index in [4.69, 9.17) is 19.9 Å². The van der Waals surface area contributed by atoms with Gasteiger partial charge in [0.25, 0.3) is 0 Å². The van der Waals surface area contributed by atoms with Crippen LogP contribution in [0.4, 0.5) is 0 Å². The van der Waals surface area contributed by atoms with E-state index in [-0.39, 0.29) is 31.3 Å². The largest absolute Gasteiger partial charge is 0.497 e. The summed E-state index contributed by atoms with van der Waals surface area (Å²) in [7, 11) is 1.55. The van der Waals surface area contributed by atoms with E-state index in [9.17, 15) is 19.2 Å². The minimum absolute atomic E-state index is 0.00309. The highest BCUT2D eigenvalue weighted by atomic mass is 16.6. The Labute approximate surface area is 224 Å². The maximum absolute atomic E-state index is 13.9. The Balaban J connectivity index is 2.00. The molecule has 4 atom stereocenters. The first-order valence-corrected chi connectivity index (χ1v) is 13.3. The predicted molar refractivity (Wildman–Crippen MR) is 140 cm³/mol. The molecule has 1 saturated heterocycles. The summed E-state index contributed by atoms with van der Waals surface area (Å²) in [6, 6.07) is 6.06. The molecule has 2 aliphatic rings. The zero-order valence-electron chi connectivity index (χ0n) is 22.8. The number of hydrogen-bond donors (Lipinski definition) is 3. The molecule has 1 saturated carbocycles. The molecule has 0 radical (unpaired) electrons. The molecule has 3 rings (SSSR count). The van der Waals surface area contributed by atoms with Crippen LogP contribution >= 0.6 is 0 Å². The number of epoxide rings is 1. The van der Waals surface area contributed by atoms with Crippen molar-refractivity contribution >= 4 is 23.5 Å². The Bertz CT molecular complexity index is 1000. The molecule has 1 aliphatic heterocycles. The monoisotopic (exact) mass is 531 g/mol. The maximum Gasteiger partial charge on any atom is 0.246 e. The minimum atomic E-state index is -1.74. The summed E-state index contributed by atoms with van der Waals surface area (Å²) < 4.78 is 15.9. The van der Waals surface area contributed by atoms with Gasteiger partial charge in [0.2, 0.25) is 17.7 Å². The lowest BCUT2D eigenvalue weighted by Gasteiger charge is -2.40. The van der Waals surface area contributed by atoms with Crippen LogP contribution in [0.3, 0.4) is 0 Å². The van der Waals surface area contributed by atoms with Gasteiger partial charge in [0.15, 0.2) is 5.78 Å². The van der Waals surface area contributed by atoms with Crippen molar-refractivity contribution in [1.82, 2.24) is 10.6 Å². The van der Waals surface area contributed by atoms with Crippen molar-refractivity contribution in [2.24, 2.45) is 17.6 Å². The number of carbonyl (C=O) groups is 4. The molecule has 1 aliphatic carbocycles. The summed E-state index contributed by atoms with van der Waals surface area (Å²) in [5.41, 5.74) is 4.03. The van der Waals surface area contributed by atoms with Gasteiger partial charge in [-0.2, -0.15) is 0 Å². The van der Waals surface area contributed by atoms with Crippen molar-refractivity contribution in [1.29, 1.82) is 0 Å². The van der Waals surface area contributed by atoms with E-state index < -0.39 is 40.8 Å². The van der Waals surface area contributed by atoms with E-state index in [0.717, 1.165) is 25.7 Å². The maximum atomic E-state index is 13.9. The SMILES string of the molecule is CCOCC(=O)N[C@@H](C)C(=O)NC(Cc1ccc(OC)cc1)(C(N)=O)[C@H](CC1CCCC1)C(=O)[C@@]1(C)CO1. The van der Waals surface area contributed by atoms with E-state index in [1.807, 2.05) is 0 Å². The molecule has 1 heterocycles. The highest BCUT2D eigenvalue weighted by Crippen LogP contribution is 2.41. The zero-order valence-corrected chi connectivity index (χ0v) is 22.8. The van der Waals surface area contributed by atoms with E-state index >= 15 is 0 Å². The summed E-state index contributed by atoms with van der Waals surface area (Å²) in [6.45, 7) is 5.38. The van der Waals surface area contributed by atoms with Crippen molar-refractivity contribution in [3.8, 4) is 5.75 Å². The highest BCUT2D eigenvalue weighted by molar-refractivity contribution is 6.01. The summed E-state index contributed by atoms with van der Waals surface area (Å²) in [6.07, 6.45) is 4.39. The van der Waals surface area contributed by atoms with Crippen LogP contribution in [0.25, 0.3) is 0 Å².